The predicted octanol–water partition coefficient (Wildman–Crippen LogP) is 3.16. The molecule has 0 saturated heterocycles. The van der Waals surface area contributed by atoms with Gasteiger partial charge >= 0.3 is 5.97 Å². The first-order valence-electron chi connectivity index (χ1n) is 9.15. The number of nitrogens with one attached hydrogen (secondary N) is 1. The number of hydrogen-bond donors (Lipinski definition) is 2. The SMILES string of the molecule is NC(=O)c1ccccc1NC(=O)COC(=O)c1cccc(OCc2ccccc2)c1. The van der Waals surface area contributed by atoms with E-state index in [2.05, 4.69) is 5.32 Å². The number of hydrogen-bond acceptors (Lipinski definition) is 5. The Balaban J connectivity index is 1.55. The molecule has 3 aromatic rings. The summed E-state index contributed by atoms with van der Waals surface area (Å²) in [5.41, 5.74) is 6.95. The van der Waals surface area contributed by atoms with Gasteiger partial charge in [-0.25, -0.2) is 4.79 Å². The number of esters is 1. The van der Waals surface area contributed by atoms with Crippen molar-refractivity contribution >= 4 is 23.5 Å². The molecule has 0 heterocycles. The molecule has 0 saturated carbocycles. The maximum Gasteiger partial charge on any atom is 0.338 e. The van der Waals surface area contributed by atoms with Crippen LogP contribution in [-0.4, -0.2) is 24.4 Å². The zero-order valence-electron chi connectivity index (χ0n) is 16.0. The van der Waals surface area contributed by atoms with E-state index in [0.717, 1.165) is 5.56 Å². The molecule has 0 fully saturated rings. The second-order valence-electron chi connectivity index (χ2n) is 6.34. The molecule has 30 heavy (non-hydrogen) atoms. The lowest BCUT2D eigenvalue weighted by Crippen LogP contribution is -2.23. The molecule has 0 spiro atoms. The highest BCUT2D eigenvalue weighted by molar-refractivity contribution is 6.03. The second kappa shape index (κ2) is 9.88. The van der Waals surface area contributed by atoms with Gasteiger partial charge < -0.3 is 20.5 Å². The van der Waals surface area contributed by atoms with Crippen LogP contribution >= 0.6 is 0 Å². The Hall–Kier alpha value is -4.13. The van der Waals surface area contributed by atoms with E-state index >= 15 is 0 Å². The average Bonchev–Trinajstić information content (AvgIpc) is 2.77. The highest BCUT2D eigenvalue weighted by Gasteiger charge is 2.14. The number of primary amides is 1. The van der Waals surface area contributed by atoms with Crippen molar-refractivity contribution in [1.29, 1.82) is 0 Å². The summed E-state index contributed by atoms with van der Waals surface area (Å²) in [6.07, 6.45) is 0. The van der Waals surface area contributed by atoms with Gasteiger partial charge in [0, 0.05) is 0 Å². The van der Waals surface area contributed by atoms with Gasteiger partial charge in [-0.1, -0.05) is 48.5 Å². The second-order valence-corrected chi connectivity index (χ2v) is 6.34. The molecule has 152 valence electrons. The average molecular weight is 404 g/mol. The van der Waals surface area contributed by atoms with Crippen molar-refractivity contribution < 1.29 is 23.9 Å². The molecular weight excluding hydrogens is 384 g/mol. The first-order chi connectivity index (χ1) is 14.5. The molecule has 0 atom stereocenters. The monoisotopic (exact) mass is 404 g/mol. The maximum atomic E-state index is 12.3. The van der Waals surface area contributed by atoms with Crippen molar-refractivity contribution in [3.8, 4) is 5.75 Å². The maximum absolute atomic E-state index is 12.3. The van der Waals surface area contributed by atoms with E-state index in [1.807, 2.05) is 30.3 Å². The van der Waals surface area contributed by atoms with Crippen LogP contribution < -0.4 is 15.8 Å². The fourth-order valence-corrected chi connectivity index (χ4v) is 2.66. The van der Waals surface area contributed by atoms with E-state index < -0.39 is 24.4 Å². The molecule has 0 aliphatic rings. The molecule has 3 rings (SSSR count). The van der Waals surface area contributed by atoms with Gasteiger partial charge in [0.15, 0.2) is 6.61 Å². The number of amides is 2. The summed E-state index contributed by atoms with van der Waals surface area (Å²) in [5.74, 6) is -1.42. The highest BCUT2D eigenvalue weighted by Crippen LogP contribution is 2.17. The standard InChI is InChI=1S/C23H20N2O5/c24-22(27)19-11-4-5-12-20(19)25-21(26)15-30-23(28)17-9-6-10-18(13-17)29-14-16-7-2-1-3-8-16/h1-13H,14-15H2,(H2,24,27)(H,25,26). The van der Waals surface area contributed by atoms with Crippen LogP contribution in [0.4, 0.5) is 5.69 Å². The topological polar surface area (TPSA) is 108 Å². The first kappa shape index (κ1) is 20.6. The van der Waals surface area contributed by atoms with Crippen molar-refractivity contribution in [2.75, 3.05) is 11.9 Å². The van der Waals surface area contributed by atoms with E-state index in [0.29, 0.717) is 12.4 Å². The Morgan fingerprint density at radius 2 is 1.60 bits per heavy atom. The van der Waals surface area contributed by atoms with Crippen molar-refractivity contribution in [2.45, 2.75) is 6.61 Å². The van der Waals surface area contributed by atoms with Crippen LogP contribution in [0.3, 0.4) is 0 Å². The lowest BCUT2D eigenvalue weighted by Gasteiger charge is -2.10. The van der Waals surface area contributed by atoms with Gasteiger partial charge in [-0.15, -0.1) is 0 Å². The zero-order chi connectivity index (χ0) is 21.3. The van der Waals surface area contributed by atoms with Gasteiger partial charge in [0.05, 0.1) is 16.8 Å². The van der Waals surface area contributed by atoms with Gasteiger partial charge in [0.2, 0.25) is 0 Å². The van der Waals surface area contributed by atoms with Gasteiger partial charge in [-0.3, -0.25) is 9.59 Å². The number of ether oxygens (including phenoxy) is 2. The third-order valence-electron chi connectivity index (χ3n) is 4.12. The lowest BCUT2D eigenvalue weighted by molar-refractivity contribution is -0.119. The van der Waals surface area contributed by atoms with Crippen LogP contribution in [0, 0.1) is 0 Å². The summed E-state index contributed by atoms with van der Waals surface area (Å²) in [6.45, 7) is -0.151. The molecular formula is C23H20N2O5. The van der Waals surface area contributed by atoms with E-state index in [1.54, 1.807) is 36.4 Å². The Bertz CT molecular complexity index is 1050. The van der Waals surface area contributed by atoms with Gasteiger partial charge in [-0.05, 0) is 35.9 Å². The largest absolute Gasteiger partial charge is 0.489 e. The molecule has 3 aromatic carbocycles. The molecule has 0 unspecified atom stereocenters. The molecule has 0 aliphatic carbocycles. The van der Waals surface area contributed by atoms with Gasteiger partial charge in [-0.2, -0.15) is 0 Å². The van der Waals surface area contributed by atoms with Gasteiger partial charge in [0.25, 0.3) is 11.8 Å². The Kier molecular flexibility index (Phi) is 6.78. The fourth-order valence-electron chi connectivity index (χ4n) is 2.66. The quantitative estimate of drug-likeness (QED) is 0.561. The molecule has 0 radical (unpaired) electrons. The molecule has 7 nitrogen and oxygen atoms in total. The van der Waals surface area contributed by atoms with Crippen molar-refractivity contribution in [3.63, 3.8) is 0 Å². The zero-order valence-corrected chi connectivity index (χ0v) is 16.0. The van der Waals surface area contributed by atoms with Crippen LogP contribution in [0.15, 0.2) is 78.9 Å². The highest BCUT2D eigenvalue weighted by atomic mass is 16.5. The number of nitrogens with two attached hydrogens (primary N) is 1. The Labute approximate surface area is 173 Å². The number of para-hydroxylation sites is 1. The molecule has 3 N–H and O–H groups in total. The first-order valence-corrected chi connectivity index (χ1v) is 9.15. The minimum absolute atomic E-state index is 0.167. The summed E-state index contributed by atoms with van der Waals surface area (Å²) >= 11 is 0. The summed E-state index contributed by atoms with van der Waals surface area (Å²) in [7, 11) is 0. The molecule has 0 aliphatic heterocycles. The van der Waals surface area contributed by atoms with Gasteiger partial charge in [0.1, 0.15) is 12.4 Å². The van der Waals surface area contributed by atoms with Crippen LogP contribution in [0.2, 0.25) is 0 Å². The van der Waals surface area contributed by atoms with Crippen molar-refractivity contribution in [1.82, 2.24) is 0 Å². The Morgan fingerprint density at radius 1 is 0.867 bits per heavy atom. The van der Waals surface area contributed by atoms with E-state index in [-0.39, 0.29) is 16.8 Å². The summed E-state index contributed by atoms with van der Waals surface area (Å²) in [6, 6.07) is 22.4. The van der Waals surface area contributed by atoms with E-state index in [1.165, 1.54) is 12.1 Å². The van der Waals surface area contributed by atoms with Crippen molar-refractivity contribution in [3.05, 3.63) is 95.6 Å². The number of anilines is 1. The molecule has 0 aromatic heterocycles. The minimum atomic E-state index is -0.671. The third-order valence-corrected chi connectivity index (χ3v) is 4.12. The molecule has 2 amide bonds. The van der Waals surface area contributed by atoms with E-state index in [4.69, 9.17) is 15.2 Å². The summed E-state index contributed by atoms with van der Waals surface area (Å²) < 4.78 is 10.7. The van der Waals surface area contributed by atoms with Crippen LogP contribution in [-0.2, 0) is 16.1 Å². The van der Waals surface area contributed by atoms with Crippen molar-refractivity contribution in [2.24, 2.45) is 5.73 Å². The summed E-state index contributed by atoms with van der Waals surface area (Å²) in [5, 5.41) is 2.51. The van der Waals surface area contributed by atoms with Crippen LogP contribution in [0.1, 0.15) is 26.3 Å². The smallest absolute Gasteiger partial charge is 0.338 e. The molecule has 7 heteroatoms. The fraction of sp³-hybridized carbons (Fsp3) is 0.0870. The van der Waals surface area contributed by atoms with Crippen LogP contribution in [0.5, 0.6) is 5.75 Å². The minimum Gasteiger partial charge on any atom is -0.489 e. The number of carbonyl (C=O) groups excluding carboxylic acids is 3. The van der Waals surface area contributed by atoms with Crippen LogP contribution in [0.25, 0.3) is 0 Å². The third kappa shape index (κ3) is 5.68. The number of carbonyl (C=O) groups is 3. The Morgan fingerprint density at radius 3 is 2.37 bits per heavy atom. The summed E-state index contributed by atoms with van der Waals surface area (Å²) in [4.78, 5) is 35.8. The normalized spacial score (nSPS) is 10.1. The lowest BCUT2D eigenvalue weighted by atomic mass is 10.1. The number of rotatable bonds is 8. The van der Waals surface area contributed by atoms with E-state index in [9.17, 15) is 14.4 Å². The predicted molar refractivity (Wildman–Crippen MR) is 111 cm³/mol. The molecule has 0 bridgehead atoms. The number of benzene rings is 3.